The molecule has 7 heteroatoms. The average Bonchev–Trinajstić information content (AvgIpc) is 3.00. The van der Waals surface area contributed by atoms with Crippen molar-refractivity contribution in [1.82, 2.24) is 10.6 Å². The van der Waals surface area contributed by atoms with Gasteiger partial charge in [-0.15, -0.1) is 11.3 Å². The lowest BCUT2D eigenvalue weighted by Crippen LogP contribution is -2.69. The van der Waals surface area contributed by atoms with Crippen LogP contribution in [0.1, 0.15) is 43.0 Å². The van der Waals surface area contributed by atoms with Gasteiger partial charge in [0, 0.05) is 40.8 Å². The lowest BCUT2D eigenvalue weighted by Gasteiger charge is -2.49. The Labute approximate surface area is 155 Å². The molecule has 1 spiro atoms. The minimum absolute atomic E-state index is 0.0260. The SMILES string of the molecule is CC1(C)C[C@]2(C[C@@H](c3cccs3)c3cc(Cl)c(O)cc3O2)NC(=O)N1. The second-order valence-electron chi connectivity index (χ2n) is 7.35. The summed E-state index contributed by atoms with van der Waals surface area (Å²) in [7, 11) is 0. The number of hydrogen-bond acceptors (Lipinski definition) is 4. The van der Waals surface area contributed by atoms with E-state index < -0.39 is 11.3 Å². The lowest BCUT2D eigenvalue weighted by atomic mass is 9.79. The van der Waals surface area contributed by atoms with E-state index in [2.05, 4.69) is 16.7 Å². The van der Waals surface area contributed by atoms with E-state index in [4.69, 9.17) is 16.3 Å². The van der Waals surface area contributed by atoms with E-state index in [1.807, 2.05) is 25.3 Å². The molecule has 1 aromatic heterocycles. The summed E-state index contributed by atoms with van der Waals surface area (Å²) >= 11 is 7.80. The third-order valence-corrected chi connectivity index (χ3v) is 5.99. The first kappa shape index (κ1) is 16.5. The highest BCUT2D eigenvalue weighted by Crippen LogP contribution is 2.49. The number of nitrogens with one attached hydrogen (secondary N) is 2. The molecule has 1 saturated heterocycles. The second-order valence-corrected chi connectivity index (χ2v) is 8.74. The molecule has 0 unspecified atom stereocenters. The van der Waals surface area contributed by atoms with E-state index in [0.29, 0.717) is 23.6 Å². The molecule has 3 N–H and O–H groups in total. The Hall–Kier alpha value is -1.92. The maximum Gasteiger partial charge on any atom is 0.318 e. The number of urea groups is 1. The molecule has 0 saturated carbocycles. The minimum Gasteiger partial charge on any atom is -0.506 e. The number of ether oxygens (including phenoxy) is 1. The van der Waals surface area contributed by atoms with Crippen molar-refractivity contribution in [3.63, 3.8) is 0 Å². The Bertz CT molecular complexity index is 837. The predicted molar refractivity (Wildman–Crippen MR) is 97.6 cm³/mol. The first-order chi connectivity index (χ1) is 11.8. The topological polar surface area (TPSA) is 70.6 Å². The van der Waals surface area contributed by atoms with E-state index in [1.165, 1.54) is 4.88 Å². The quantitative estimate of drug-likeness (QED) is 0.696. The van der Waals surface area contributed by atoms with Crippen LogP contribution in [0.5, 0.6) is 11.5 Å². The van der Waals surface area contributed by atoms with Gasteiger partial charge in [0.25, 0.3) is 0 Å². The molecule has 0 bridgehead atoms. The van der Waals surface area contributed by atoms with Gasteiger partial charge in [-0.2, -0.15) is 0 Å². The zero-order chi connectivity index (χ0) is 17.8. The van der Waals surface area contributed by atoms with E-state index in [9.17, 15) is 9.90 Å². The molecule has 5 nitrogen and oxygen atoms in total. The number of halogens is 1. The predicted octanol–water partition coefficient (Wildman–Crippen LogP) is 4.20. The number of phenolic OH excluding ortho intramolecular Hbond substituents is 1. The molecule has 1 aromatic carbocycles. The van der Waals surface area contributed by atoms with E-state index in [1.54, 1.807) is 23.5 Å². The maximum atomic E-state index is 12.2. The van der Waals surface area contributed by atoms with Crippen LogP contribution >= 0.6 is 22.9 Å². The van der Waals surface area contributed by atoms with Gasteiger partial charge in [-0.05, 0) is 31.4 Å². The van der Waals surface area contributed by atoms with Crippen molar-refractivity contribution >= 4 is 29.0 Å². The standard InChI is InChI=1S/C18H19ClN2O3S/c1-17(2)9-18(21-16(23)20-17)8-11(15-4-3-5-25-15)10-6-12(19)13(22)7-14(10)24-18/h3-7,11,22H,8-9H2,1-2H3,(H2,20,21,23)/t11-,18-/m1/s1. The van der Waals surface area contributed by atoms with Gasteiger partial charge in [0.15, 0.2) is 5.72 Å². The molecular formula is C18H19ClN2O3S. The molecule has 2 aromatic rings. The number of rotatable bonds is 1. The van der Waals surface area contributed by atoms with Crippen molar-refractivity contribution in [2.24, 2.45) is 0 Å². The van der Waals surface area contributed by atoms with Crippen molar-refractivity contribution < 1.29 is 14.6 Å². The number of aromatic hydroxyl groups is 1. The smallest absolute Gasteiger partial charge is 0.318 e. The minimum atomic E-state index is -0.826. The molecular weight excluding hydrogens is 360 g/mol. The number of thiophene rings is 1. The zero-order valence-corrected chi connectivity index (χ0v) is 15.5. The van der Waals surface area contributed by atoms with Gasteiger partial charge in [0.05, 0.1) is 5.02 Å². The van der Waals surface area contributed by atoms with Crippen LogP contribution < -0.4 is 15.4 Å². The van der Waals surface area contributed by atoms with Crippen molar-refractivity contribution in [2.45, 2.75) is 43.9 Å². The van der Waals surface area contributed by atoms with Crippen LogP contribution in [0.3, 0.4) is 0 Å². The molecule has 132 valence electrons. The maximum absolute atomic E-state index is 12.2. The van der Waals surface area contributed by atoms with Crippen LogP contribution in [0.2, 0.25) is 5.02 Å². The van der Waals surface area contributed by atoms with Gasteiger partial charge in [-0.3, -0.25) is 0 Å². The first-order valence-electron chi connectivity index (χ1n) is 8.12. The Morgan fingerprint density at radius 2 is 2.16 bits per heavy atom. The molecule has 2 aliphatic rings. The second kappa shape index (κ2) is 5.54. The van der Waals surface area contributed by atoms with Crippen LogP contribution in [0.25, 0.3) is 0 Å². The van der Waals surface area contributed by atoms with Gasteiger partial charge < -0.3 is 20.5 Å². The molecule has 1 fully saturated rings. The summed E-state index contributed by atoms with van der Waals surface area (Å²) in [5, 5.41) is 18.3. The van der Waals surface area contributed by atoms with E-state index in [0.717, 1.165) is 5.56 Å². The van der Waals surface area contributed by atoms with Crippen molar-refractivity contribution in [2.75, 3.05) is 0 Å². The van der Waals surface area contributed by atoms with Crippen LogP contribution in [0, 0.1) is 0 Å². The number of hydrogen-bond donors (Lipinski definition) is 3. The third kappa shape index (κ3) is 2.93. The van der Waals surface area contributed by atoms with Gasteiger partial charge in [0.1, 0.15) is 11.5 Å². The lowest BCUT2D eigenvalue weighted by molar-refractivity contribution is -0.0233. The Morgan fingerprint density at radius 1 is 1.36 bits per heavy atom. The number of fused-ring (bicyclic) bond motifs is 1. The summed E-state index contributed by atoms with van der Waals surface area (Å²) in [6.07, 6.45) is 1.22. The highest BCUT2D eigenvalue weighted by atomic mass is 35.5. The van der Waals surface area contributed by atoms with E-state index >= 15 is 0 Å². The third-order valence-electron chi connectivity index (χ3n) is 4.70. The fraction of sp³-hybridized carbons (Fsp3) is 0.389. The normalized spacial score (nSPS) is 27.2. The van der Waals surface area contributed by atoms with Crippen LogP contribution in [-0.2, 0) is 0 Å². The number of carbonyl (C=O) groups excluding carboxylic acids is 1. The summed E-state index contributed by atoms with van der Waals surface area (Å²) in [6, 6.07) is 7.14. The largest absolute Gasteiger partial charge is 0.506 e. The molecule has 2 aliphatic heterocycles. The van der Waals surface area contributed by atoms with E-state index in [-0.39, 0.29) is 17.7 Å². The number of carbonyl (C=O) groups is 1. The molecule has 2 amide bonds. The Morgan fingerprint density at radius 3 is 2.84 bits per heavy atom. The van der Waals surface area contributed by atoms with Crippen LogP contribution in [0.15, 0.2) is 29.6 Å². The van der Waals surface area contributed by atoms with Crippen LogP contribution in [-0.4, -0.2) is 22.4 Å². The van der Waals surface area contributed by atoms with Gasteiger partial charge in [-0.1, -0.05) is 17.7 Å². The molecule has 3 heterocycles. The summed E-state index contributed by atoms with van der Waals surface area (Å²) in [4.78, 5) is 13.4. The Kier molecular flexibility index (Phi) is 3.67. The molecule has 0 aliphatic carbocycles. The van der Waals surface area contributed by atoms with Crippen molar-refractivity contribution in [1.29, 1.82) is 0 Å². The molecule has 4 rings (SSSR count). The molecule has 2 atom stereocenters. The number of phenols is 1. The highest BCUT2D eigenvalue weighted by molar-refractivity contribution is 7.10. The van der Waals surface area contributed by atoms with Crippen LogP contribution in [0.4, 0.5) is 4.79 Å². The monoisotopic (exact) mass is 378 g/mol. The number of benzene rings is 1. The highest BCUT2D eigenvalue weighted by Gasteiger charge is 2.50. The molecule has 25 heavy (non-hydrogen) atoms. The summed E-state index contributed by atoms with van der Waals surface area (Å²) in [5.74, 6) is 0.572. The van der Waals surface area contributed by atoms with Crippen molar-refractivity contribution in [3.05, 3.63) is 45.1 Å². The summed E-state index contributed by atoms with van der Waals surface area (Å²) in [5.41, 5.74) is -0.288. The van der Waals surface area contributed by atoms with Gasteiger partial charge in [0.2, 0.25) is 0 Å². The summed E-state index contributed by atoms with van der Waals surface area (Å²) < 4.78 is 6.24. The zero-order valence-electron chi connectivity index (χ0n) is 13.9. The summed E-state index contributed by atoms with van der Waals surface area (Å²) in [6.45, 7) is 3.96. The Balaban J connectivity index is 1.83. The fourth-order valence-corrected chi connectivity index (χ4v) is 4.90. The van der Waals surface area contributed by atoms with Crippen molar-refractivity contribution in [3.8, 4) is 11.5 Å². The first-order valence-corrected chi connectivity index (χ1v) is 9.38. The fourth-order valence-electron chi connectivity index (χ4n) is 3.89. The van der Waals surface area contributed by atoms with Gasteiger partial charge >= 0.3 is 6.03 Å². The molecule has 0 radical (unpaired) electrons. The average molecular weight is 379 g/mol. The number of amides is 2. The van der Waals surface area contributed by atoms with Gasteiger partial charge in [-0.25, -0.2) is 4.79 Å².